The molecule has 1 amide bonds. The van der Waals surface area contributed by atoms with Crippen LogP contribution in [0.25, 0.3) is 0 Å². The predicted molar refractivity (Wildman–Crippen MR) is 138 cm³/mol. The maximum absolute atomic E-state index is 13.3. The van der Waals surface area contributed by atoms with E-state index >= 15 is 0 Å². The van der Waals surface area contributed by atoms with Gasteiger partial charge in [0.2, 0.25) is 0 Å². The second-order valence-corrected chi connectivity index (χ2v) is 11.7. The molecule has 1 aromatic rings. The number of carbonyl (C=O) groups excluding carboxylic acids is 2. The minimum atomic E-state index is -0.550. The number of aromatic nitrogens is 1. The lowest BCUT2D eigenvalue weighted by Crippen LogP contribution is -2.47. The van der Waals surface area contributed by atoms with Crippen LogP contribution in [0.5, 0.6) is 0 Å². The van der Waals surface area contributed by atoms with E-state index in [0.717, 1.165) is 50.0 Å². The summed E-state index contributed by atoms with van der Waals surface area (Å²) in [5.74, 6) is 0.517. The number of thiazole rings is 1. The molecule has 1 saturated carbocycles. The highest BCUT2D eigenvalue weighted by atomic mass is 32.1. The molecule has 1 heterocycles. The van der Waals surface area contributed by atoms with Crippen molar-refractivity contribution in [2.24, 2.45) is 11.8 Å². The molecule has 0 aliphatic heterocycles. The quantitative estimate of drug-likeness (QED) is 0.199. The van der Waals surface area contributed by atoms with Crippen molar-refractivity contribution in [3.8, 4) is 0 Å². The van der Waals surface area contributed by atoms with Gasteiger partial charge in [-0.1, -0.05) is 46.5 Å². The van der Waals surface area contributed by atoms with Crippen LogP contribution >= 0.6 is 11.3 Å². The number of ketones is 1. The van der Waals surface area contributed by atoms with Crippen molar-refractivity contribution in [3.05, 3.63) is 16.1 Å². The maximum Gasteiger partial charge on any atom is 0.410 e. The van der Waals surface area contributed by atoms with Gasteiger partial charge in [0.05, 0.1) is 0 Å². The van der Waals surface area contributed by atoms with Gasteiger partial charge in [0.25, 0.3) is 0 Å². The van der Waals surface area contributed by atoms with E-state index in [1.807, 2.05) is 38.0 Å². The lowest BCUT2D eigenvalue weighted by Gasteiger charge is -2.37. The Morgan fingerprint density at radius 3 is 2.41 bits per heavy atom. The van der Waals surface area contributed by atoms with Crippen LogP contribution in [0, 0.1) is 11.8 Å². The molecule has 0 spiro atoms. The fourth-order valence-corrected chi connectivity index (χ4v) is 5.14. The van der Waals surface area contributed by atoms with E-state index in [9.17, 15) is 9.59 Å². The molecule has 194 valence electrons. The Bertz CT molecular complexity index is 767. The summed E-state index contributed by atoms with van der Waals surface area (Å²) >= 11 is 1.49. The molecule has 2 atom stereocenters. The van der Waals surface area contributed by atoms with E-state index in [0.29, 0.717) is 25.3 Å². The Morgan fingerprint density at radius 2 is 1.88 bits per heavy atom. The van der Waals surface area contributed by atoms with Gasteiger partial charge in [-0.25, -0.2) is 9.78 Å². The van der Waals surface area contributed by atoms with Gasteiger partial charge in [0.15, 0.2) is 5.78 Å². The largest absolute Gasteiger partial charge is 0.444 e. The first-order valence-corrected chi connectivity index (χ1v) is 14.1. The molecule has 1 fully saturated rings. The summed E-state index contributed by atoms with van der Waals surface area (Å²) in [6.07, 6.45) is 7.53. The molecule has 7 heteroatoms. The highest BCUT2D eigenvalue weighted by Gasteiger charge is 2.34. The van der Waals surface area contributed by atoms with Gasteiger partial charge in [0.1, 0.15) is 22.4 Å². The van der Waals surface area contributed by atoms with Gasteiger partial charge < -0.3 is 14.4 Å². The number of nitrogens with zero attached hydrogens (tertiary/aromatic N) is 2. The van der Waals surface area contributed by atoms with Crippen LogP contribution in [0.3, 0.4) is 0 Å². The molecule has 0 bridgehead atoms. The van der Waals surface area contributed by atoms with Crippen LogP contribution in [-0.2, 0) is 9.47 Å². The van der Waals surface area contributed by atoms with Crippen molar-refractivity contribution in [2.45, 2.75) is 118 Å². The molecule has 0 radical (unpaired) electrons. The van der Waals surface area contributed by atoms with Crippen molar-refractivity contribution in [1.29, 1.82) is 0 Å². The summed E-state index contributed by atoms with van der Waals surface area (Å²) < 4.78 is 11.9. The lowest BCUT2D eigenvalue weighted by atomic mass is 9.81. The smallest absolute Gasteiger partial charge is 0.410 e. The first kappa shape index (κ1) is 28.8. The van der Waals surface area contributed by atoms with Crippen LogP contribution in [0.4, 0.5) is 4.79 Å². The van der Waals surface area contributed by atoms with Gasteiger partial charge in [-0.2, -0.15) is 0 Å². The molecule has 0 N–H and O–H groups in total. The van der Waals surface area contributed by atoms with Crippen LogP contribution in [0.2, 0.25) is 0 Å². The van der Waals surface area contributed by atoms with Crippen molar-refractivity contribution in [2.75, 3.05) is 13.2 Å². The number of unbranched alkanes of at least 4 members (excludes halogenated alkanes) is 3. The number of Topliss-reactive ketones (excluding diaryl/α,β-unsaturated/α-hetero) is 1. The number of ether oxygens (including phenoxy) is 2. The Kier molecular flexibility index (Phi) is 11.5. The zero-order chi connectivity index (χ0) is 25.3. The van der Waals surface area contributed by atoms with Crippen LogP contribution in [0.1, 0.15) is 121 Å². The molecular weight excluding hydrogens is 448 g/mol. The van der Waals surface area contributed by atoms with Gasteiger partial charge in [-0.05, 0) is 52.9 Å². The van der Waals surface area contributed by atoms with E-state index in [4.69, 9.17) is 14.5 Å². The predicted octanol–water partition coefficient (Wildman–Crippen LogP) is 7.44. The van der Waals surface area contributed by atoms with E-state index in [1.165, 1.54) is 11.3 Å². The molecule has 1 aliphatic rings. The van der Waals surface area contributed by atoms with E-state index in [2.05, 4.69) is 20.8 Å². The van der Waals surface area contributed by atoms with Crippen LogP contribution < -0.4 is 0 Å². The minimum absolute atomic E-state index is 0.0530. The number of rotatable bonds is 14. The Morgan fingerprint density at radius 1 is 1.18 bits per heavy atom. The van der Waals surface area contributed by atoms with Crippen LogP contribution in [0.15, 0.2) is 5.38 Å². The molecule has 34 heavy (non-hydrogen) atoms. The average Bonchev–Trinajstić information content (AvgIpc) is 3.19. The fraction of sp³-hybridized carbons (Fsp3) is 0.815. The van der Waals surface area contributed by atoms with Crippen LogP contribution in [-0.4, -0.2) is 46.6 Å². The van der Waals surface area contributed by atoms with Gasteiger partial charge >= 0.3 is 6.09 Å². The second-order valence-electron chi connectivity index (χ2n) is 10.8. The summed E-state index contributed by atoms with van der Waals surface area (Å²) in [4.78, 5) is 32.6. The number of amides is 1. The second kappa shape index (κ2) is 13.6. The molecule has 1 aliphatic carbocycles. The molecule has 0 saturated heterocycles. The monoisotopic (exact) mass is 494 g/mol. The maximum atomic E-state index is 13.3. The molecule has 6 nitrogen and oxygen atoms in total. The molecule has 2 rings (SSSR count). The Labute approximate surface area is 210 Å². The first-order chi connectivity index (χ1) is 16.1. The first-order valence-electron chi connectivity index (χ1n) is 13.2. The summed E-state index contributed by atoms with van der Waals surface area (Å²) in [5, 5.41) is 2.70. The normalized spacial score (nSPS) is 16.2. The zero-order valence-electron chi connectivity index (χ0n) is 22.4. The van der Waals surface area contributed by atoms with Gasteiger partial charge in [-0.3, -0.25) is 4.79 Å². The zero-order valence-corrected chi connectivity index (χ0v) is 23.2. The Balaban J connectivity index is 2.22. The SMILES string of the molecule is CCCCCCN(C(=O)OC(C)(C)C)C(CC(OCC)c1nc(C(=O)C2CCC2)cs1)C(C)C. The van der Waals surface area contributed by atoms with E-state index in [1.54, 1.807) is 0 Å². The molecule has 2 unspecified atom stereocenters. The van der Waals surface area contributed by atoms with Crippen molar-refractivity contribution >= 4 is 23.2 Å². The average molecular weight is 495 g/mol. The van der Waals surface area contributed by atoms with Gasteiger partial charge in [-0.15, -0.1) is 11.3 Å². The summed E-state index contributed by atoms with van der Waals surface area (Å²) in [7, 11) is 0. The third kappa shape index (κ3) is 8.63. The van der Waals surface area contributed by atoms with E-state index < -0.39 is 5.60 Å². The third-order valence-electron chi connectivity index (χ3n) is 6.40. The highest BCUT2D eigenvalue weighted by molar-refractivity contribution is 7.09. The Hall–Kier alpha value is -1.47. The standard InChI is InChI=1S/C27H46N2O4S/c1-8-10-11-12-16-29(26(31)33-27(5,6)7)22(19(3)4)17-23(32-9-2)25-28-21(18-34-25)24(30)20-14-13-15-20/h18-20,22-23H,8-17H2,1-7H3. The van der Waals surface area contributed by atoms with Crippen molar-refractivity contribution in [1.82, 2.24) is 9.88 Å². The van der Waals surface area contributed by atoms with Gasteiger partial charge in [0, 0.05) is 36.9 Å². The topological polar surface area (TPSA) is 68.7 Å². The molecular formula is C27H46N2O4S. The minimum Gasteiger partial charge on any atom is -0.444 e. The highest BCUT2D eigenvalue weighted by Crippen LogP contribution is 2.34. The summed E-state index contributed by atoms with van der Waals surface area (Å²) in [6, 6.07) is -0.0530. The van der Waals surface area contributed by atoms with E-state index in [-0.39, 0.29) is 35.9 Å². The van der Waals surface area contributed by atoms with Crippen molar-refractivity contribution < 1.29 is 19.1 Å². The summed E-state index contributed by atoms with van der Waals surface area (Å²) in [5.41, 5.74) is 0.0187. The number of hydrogen-bond acceptors (Lipinski definition) is 6. The summed E-state index contributed by atoms with van der Waals surface area (Å²) in [6.45, 7) is 15.4. The number of hydrogen-bond donors (Lipinski definition) is 0. The van der Waals surface area contributed by atoms with Crippen molar-refractivity contribution in [3.63, 3.8) is 0 Å². The molecule has 0 aromatic carbocycles. The third-order valence-corrected chi connectivity index (χ3v) is 7.34. The number of carbonyl (C=O) groups is 2. The lowest BCUT2D eigenvalue weighted by molar-refractivity contribution is -0.00821. The molecule has 1 aromatic heterocycles. The fourth-order valence-electron chi connectivity index (χ4n) is 4.27.